The molecule has 1 amide bonds. The lowest BCUT2D eigenvalue weighted by Gasteiger charge is -2.15. The molecule has 3 aromatic rings. The van der Waals surface area contributed by atoms with Gasteiger partial charge in [0.2, 0.25) is 5.91 Å². The molecule has 0 saturated heterocycles. The van der Waals surface area contributed by atoms with E-state index in [4.69, 9.17) is 18.6 Å². The van der Waals surface area contributed by atoms with Gasteiger partial charge in [-0.05, 0) is 50.6 Å². The number of carbonyl (C=O) groups is 1. The second-order valence-electron chi connectivity index (χ2n) is 7.76. The predicted octanol–water partition coefficient (Wildman–Crippen LogP) is 5.45. The third-order valence-corrected chi connectivity index (χ3v) is 6.51. The first kappa shape index (κ1) is 23.8. The summed E-state index contributed by atoms with van der Waals surface area (Å²) >= 11 is 1.55. The number of fused-ring (bicyclic) bond motifs is 1. The zero-order chi connectivity index (χ0) is 24.2. The van der Waals surface area contributed by atoms with Gasteiger partial charge in [-0.2, -0.15) is 0 Å². The number of nitrogens with one attached hydrogen (secondary N) is 1. The number of ether oxygens (including phenoxy) is 3. The molecule has 0 bridgehead atoms. The van der Waals surface area contributed by atoms with Crippen molar-refractivity contribution in [1.29, 1.82) is 0 Å². The molecule has 0 spiro atoms. The van der Waals surface area contributed by atoms with Gasteiger partial charge in [-0.3, -0.25) is 9.79 Å². The molecular formula is C26H28N2O5S. The Kier molecular flexibility index (Phi) is 7.17. The highest BCUT2D eigenvalue weighted by Gasteiger charge is 2.21. The number of amides is 1. The number of furan rings is 1. The number of rotatable bonds is 7. The Morgan fingerprint density at radius 3 is 2.74 bits per heavy atom. The van der Waals surface area contributed by atoms with Crippen LogP contribution in [0.15, 0.2) is 46.0 Å². The van der Waals surface area contributed by atoms with Crippen molar-refractivity contribution < 1.29 is 23.4 Å². The molecule has 0 radical (unpaired) electrons. The highest BCUT2D eigenvalue weighted by atomic mass is 32.2. The quantitative estimate of drug-likeness (QED) is 0.453. The summed E-state index contributed by atoms with van der Waals surface area (Å²) in [6.45, 7) is 7.01. The molecule has 1 aliphatic rings. The number of hydrogen-bond donors (Lipinski definition) is 1. The largest absolute Gasteiger partial charge is 0.497 e. The van der Waals surface area contributed by atoms with Crippen LogP contribution in [0.2, 0.25) is 0 Å². The van der Waals surface area contributed by atoms with Gasteiger partial charge in [-0.25, -0.2) is 0 Å². The minimum absolute atomic E-state index is 0.215. The summed E-state index contributed by atoms with van der Waals surface area (Å²) in [5, 5.41) is 4.41. The predicted molar refractivity (Wildman–Crippen MR) is 137 cm³/mol. The topological polar surface area (TPSA) is 82.3 Å². The summed E-state index contributed by atoms with van der Waals surface area (Å²) in [6.07, 6.45) is 3.30. The molecule has 1 aromatic heterocycles. The van der Waals surface area contributed by atoms with Crippen molar-refractivity contribution >= 4 is 39.4 Å². The zero-order valence-corrected chi connectivity index (χ0v) is 20.8. The van der Waals surface area contributed by atoms with Gasteiger partial charge < -0.3 is 23.9 Å². The molecule has 0 atom stereocenters. The summed E-state index contributed by atoms with van der Waals surface area (Å²) in [7, 11) is 3.26. The molecule has 8 heteroatoms. The SMILES string of the molecule is CCOc1c(/C(C)=C/C(=O)NC2=NCCS2)cc2c(-c3cc(OC)ccc3OC)coc2c1C. The van der Waals surface area contributed by atoms with Crippen LogP contribution in [0.5, 0.6) is 17.2 Å². The lowest BCUT2D eigenvalue weighted by Crippen LogP contribution is -2.25. The van der Waals surface area contributed by atoms with E-state index in [2.05, 4.69) is 10.3 Å². The third-order valence-electron chi connectivity index (χ3n) is 5.62. The van der Waals surface area contributed by atoms with Gasteiger partial charge in [-0.15, -0.1) is 0 Å². The van der Waals surface area contributed by atoms with E-state index in [0.29, 0.717) is 29.0 Å². The maximum atomic E-state index is 12.6. The van der Waals surface area contributed by atoms with E-state index in [1.165, 1.54) is 0 Å². The standard InChI is InChI=1S/C26H28N2O5S/c1-6-32-24-16(3)25-20(13-18(24)15(2)11-23(29)28-26-27-9-10-34-26)21(14-33-25)19-12-17(30-4)7-8-22(19)31-5/h7-8,11-14H,6,9-10H2,1-5H3,(H,27,28,29)/b15-11+. The summed E-state index contributed by atoms with van der Waals surface area (Å²) in [5.74, 6) is 2.79. The number of amidine groups is 1. The molecule has 2 aromatic carbocycles. The van der Waals surface area contributed by atoms with Crippen LogP contribution >= 0.6 is 11.8 Å². The fourth-order valence-electron chi connectivity index (χ4n) is 4.00. The summed E-state index contributed by atoms with van der Waals surface area (Å²) < 4.78 is 23.0. The molecular weight excluding hydrogens is 452 g/mol. The van der Waals surface area contributed by atoms with Crippen molar-refractivity contribution in [3.05, 3.63) is 47.7 Å². The van der Waals surface area contributed by atoms with Crippen molar-refractivity contribution in [1.82, 2.24) is 5.32 Å². The number of benzene rings is 2. The first-order valence-corrected chi connectivity index (χ1v) is 12.0. The van der Waals surface area contributed by atoms with Gasteiger partial charge in [0.05, 0.1) is 33.6 Å². The van der Waals surface area contributed by atoms with Crippen LogP contribution in [-0.4, -0.2) is 44.2 Å². The highest BCUT2D eigenvalue weighted by molar-refractivity contribution is 8.14. The van der Waals surface area contributed by atoms with Crippen LogP contribution in [-0.2, 0) is 4.79 Å². The number of thioether (sulfide) groups is 1. The van der Waals surface area contributed by atoms with Crippen molar-refractivity contribution in [3.8, 4) is 28.4 Å². The van der Waals surface area contributed by atoms with E-state index in [1.54, 1.807) is 38.3 Å². The zero-order valence-electron chi connectivity index (χ0n) is 20.0. The number of aryl methyl sites for hydroxylation is 1. The van der Waals surface area contributed by atoms with Gasteiger partial charge in [0.15, 0.2) is 5.17 Å². The van der Waals surface area contributed by atoms with Crippen LogP contribution in [0.3, 0.4) is 0 Å². The molecule has 1 aliphatic heterocycles. The number of nitrogens with zero attached hydrogens (tertiary/aromatic N) is 1. The Balaban J connectivity index is 1.84. The van der Waals surface area contributed by atoms with E-state index in [-0.39, 0.29) is 5.91 Å². The van der Waals surface area contributed by atoms with E-state index in [1.807, 2.05) is 45.0 Å². The van der Waals surface area contributed by atoms with Gasteiger partial charge in [-0.1, -0.05) is 11.8 Å². The third kappa shape index (κ3) is 4.63. The minimum Gasteiger partial charge on any atom is -0.497 e. The average Bonchev–Trinajstić information content (AvgIpc) is 3.50. The normalized spacial score (nSPS) is 13.7. The van der Waals surface area contributed by atoms with E-state index in [0.717, 1.165) is 51.1 Å². The monoisotopic (exact) mass is 480 g/mol. The molecule has 0 aliphatic carbocycles. The molecule has 7 nitrogen and oxygen atoms in total. The van der Waals surface area contributed by atoms with E-state index >= 15 is 0 Å². The van der Waals surface area contributed by atoms with Crippen molar-refractivity contribution in [2.24, 2.45) is 4.99 Å². The Hall–Kier alpha value is -3.39. The molecule has 34 heavy (non-hydrogen) atoms. The van der Waals surface area contributed by atoms with Crippen LogP contribution < -0.4 is 19.5 Å². The minimum atomic E-state index is -0.215. The fourth-order valence-corrected chi connectivity index (χ4v) is 4.73. The average molecular weight is 481 g/mol. The van der Waals surface area contributed by atoms with Gasteiger partial charge in [0, 0.05) is 39.5 Å². The number of carbonyl (C=O) groups excluding carboxylic acids is 1. The second kappa shape index (κ2) is 10.3. The number of methoxy groups -OCH3 is 2. The summed E-state index contributed by atoms with van der Waals surface area (Å²) in [5.41, 5.74) is 4.91. The molecule has 178 valence electrons. The molecule has 4 rings (SSSR count). The summed E-state index contributed by atoms with van der Waals surface area (Å²) in [4.78, 5) is 16.9. The molecule has 0 fully saturated rings. The fraction of sp³-hybridized carbons (Fsp3) is 0.308. The number of hydrogen-bond acceptors (Lipinski definition) is 7. The van der Waals surface area contributed by atoms with Crippen molar-refractivity contribution in [3.63, 3.8) is 0 Å². The Labute approximate surface area is 203 Å². The Bertz CT molecular complexity index is 1290. The first-order valence-electron chi connectivity index (χ1n) is 11.0. The molecule has 0 saturated carbocycles. The maximum Gasteiger partial charge on any atom is 0.250 e. The van der Waals surface area contributed by atoms with E-state index in [9.17, 15) is 4.79 Å². The van der Waals surface area contributed by atoms with Crippen molar-refractivity contribution in [2.45, 2.75) is 20.8 Å². The van der Waals surface area contributed by atoms with Crippen LogP contribution in [0, 0.1) is 6.92 Å². The highest BCUT2D eigenvalue weighted by Crippen LogP contribution is 2.43. The number of aliphatic imine (C=N–C) groups is 1. The van der Waals surface area contributed by atoms with Crippen LogP contribution in [0.4, 0.5) is 0 Å². The Morgan fingerprint density at radius 2 is 2.06 bits per heavy atom. The number of allylic oxidation sites excluding steroid dienone is 1. The smallest absolute Gasteiger partial charge is 0.250 e. The lowest BCUT2D eigenvalue weighted by atomic mass is 9.96. The molecule has 1 N–H and O–H groups in total. The van der Waals surface area contributed by atoms with Gasteiger partial charge in [0.25, 0.3) is 0 Å². The first-order chi connectivity index (χ1) is 16.5. The van der Waals surface area contributed by atoms with Gasteiger partial charge in [0.1, 0.15) is 22.8 Å². The van der Waals surface area contributed by atoms with E-state index < -0.39 is 0 Å². The van der Waals surface area contributed by atoms with Crippen LogP contribution in [0.25, 0.3) is 27.7 Å². The van der Waals surface area contributed by atoms with Crippen LogP contribution in [0.1, 0.15) is 25.0 Å². The Morgan fingerprint density at radius 1 is 1.24 bits per heavy atom. The van der Waals surface area contributed by atoms with Gasteiger partial charge >= 0.3 is 0 Å². The maximum absolute atomic E-state index is 12.6. The molecule has 2 heterocycles. The second-order valence-corrected chi connectivity index (χ2v) is 8.84. The van der Waals surface area contributed by atoms with Crippen molar-refractivity contribution in [2.75, 3.05) is 33.1 Å². The lowest BCUT2D eigenvalue weighted by molar-refractivity contribution is -0.115. The molecule has 0 unspecified atom stereocenters. The summed E-state index contributed by atoms with van der Waals surface area (Å²) in [6, 6.07) is 7.65.